The van der Waals surface area contributed by atoms with Crippen molar-refractivity contribution in [3.8, 4) is 0 Å². The number of sulfone groups is 1. The predicted molar refractivity (Wildman–Crippen MR) is 79.9 cm³/mol. The summed E-state index contributed by atoms with van der Waals surface area (Å²) in [6.07, 6.45) is 5.03. The van der Waals surface area contributed by atoms with Gasteiger partial charge in [0.2, 0.25) is 9.84 Å². The average Bonchev–Trinajstić information content (AvgIpc) is 2.82. The Morgan fingerprint density at radius 2 is 1.95 bits per heavy atom. The highest BCUT2D eigenvalue weighted by molar-refractivity contribution is 7.95. The van der Waals surface area contributed by atoms with Crippen molar-refractivity contribution in [2.24, 2.45) is 0 Å². The number of rotatable bonds is 5. The number of benzene rings is 1. The van der Waals surface area contributed by atoms with Gasteiger partial charge in [0.15, 0.2) is 0 Å². The second-order valence-corrected chi connectivity index (χ2v) is 6.75. The molecule has 20 heavy (non-hydrogen) atoms. The van der Waals surface area contributed by atoms with E-state index in [1.54, 1.807) is 31.2 Å². The van der Waals surface area contributed by atoms with Crippen LogP contribution in [-0.4, -0.2) is 15.0 Å². The monoisotopic (exact) mass is 292 g/mol. The number of allylic oxidation sites excluding steroid dienone is 2. The minimum absolute atomic E-state index is 0.321. The van der Waals surface area contributed by atoms with Crippen LogP contribution in [0.5, 0.6) is 0 Å². The third-order valence-electron chi connectivity index (χ3n) is 3.33. The molecule has 108 valence electrons. The van der Waals surface area contributed by atoms with E-state index in [-0.39, 0.29) is 0 Å². The standard InChI is InChI=1S/C16H20O3S/c1-3-4-6-9-14-12-19-13(2)16(14)20(17,18)15-10-7-5-8-11-15/h5,7-11H,3-4,6,12H2,1-2H3/b14-9+. The van der Waals surface area contributed by atoms with Gasteiger partial charge in [-0.2, -0.15) is 0 Å². The molecule has 0 saturated heterocycles. The highest BCUT2D eigenvalue weighted by atomic mass is 32.2. The lowest BCUT2D eigenvalue weighted by Gasteiger charge is -2.07. The van der Waals surface area contributed by atoms with Crippen LogP contribution in [-0.2, 0) is 14.6 Å². The SMILES string of the molecule is CCCC/C=C1\COC(C)=C1S(=O)(=O)c1ccccc1. The first-order valence-corrected chi connectivity index (χ1v) is 8.39. The van der Waals surface area contributed by atoms with Gasteiger partial charge in [0.1, 0.15) is 17.3 Å². The Balaban J connectivity index is 2.39. The van der Waals surface area contributed by atoms with Crippen molar-refractivity contribution in [2.75, 3.05) is 6.61 Å². The quantitative estimate of drug-likeness (QED) is 0.774. The van der Waals surface area contributed by atoms with Crippen molar-refractivity contribution in [1.82, 2.24) is 0 Å². The van der Waals surface area contributed by atoms with Crippen molar-refractivity contribution < 1.29 is 13.2 Å². The lowest BCUT2D eigenvalue weighted by molar-refractivity contribution is 0.263. The average molecular weight is 292 g/mol. The van der Waals surface area contributed by atoms with Gasteiger partial charge in [-0.05, 0) is 25.5 Å². The minimum atomic E-state index is -3.49. The molecule has 0 fully saturated rings. The van der Waals surface area contributed by atoms with Crippen LogP contribution in [0.2, 0.25) is 0 Å². The van der Waals surface area contributed by atoms with Gasteiger partial charge in [-0.25, -0.2) is 8.42 Å². The van der Waals surface area contributed by atoms with Crippen LogP contribution in [0.4, 0.5) is 0 Å². The van der Waals surface area contributed by atoms with E-state index >= 15 is 0 Å². The van der Waals surface area contributed by atoms with Gasteiger partial charge in [0, 0.05) is 5.57 Å². The molecule has 1 aliphatic heterocycles. The molecule has 1 aliphatic rings. The molecule has 0 aromatic heterocycles. The number of unbranched alkanes of at least 4 members (excludes halogenated alkanes) is 2. The zero-order chi connectivity index (χ0) is 14.6. The summed E-state index contributed by atoms with van der Waals surface area (Å²) >= 11 is 0. The molecule has 0 atom stereocenters. The normalized spacial score (nSPS) is 17.6. The summed E-state index contributed by atoms with van der Waals surface area (Å²) in [6.45, 7) is 4.19. The first kappa shape index (κ1) is 14.9. The van der Waals surface area contributed by atoms with Crippen molar-refractivity contribution in [3.63, 3.8) is 0 Å². The minimum Gasteiger partial charge on any atom is -0.492 e. The Morgan fingerprint density at radius 3 is 2.60 bits per heavy atom. The Labute approximate surface area is 120 Å². The Hall–Kier alpha value is -1.55. The third-order valence-corrected chi connectivity index (χ3v) is 5.31. The molecular formula is C16H20O3S. The fourth-order valence-corrected chi connectivity index (χ4v) is 3.93. The maximum absolute atomic E-state index is 12.7. The molecule has 0 N–H and O–H groups in total. The Bertz CT molecular complexity index is 625. The van der Waals surface area contributed by atoms with Crippen molar-refractivity contribution in [1.29, 1.82) is 0 Å². The van der Waals surface area contributed by atoms with Crippen LogP contribution in [0, 0.1) is 0 Å². The predicted octanol–water partition coefficient (Wildman–Crippen LogP) is 3.84. The molecule has 0 unspecified atom stereocenters. The third kappa shape index (κ3) is 2.96. The molecule has 1 heterocycles. The smallest absolute Gasteiger partial charge is 0.210 e. The summed E-state index contributed by atoms with van der Waals surface area (Å²) in [5.41, 5.74) is 0.791. The van der Waals surface area contributed by atoms with Crippen LogP contribution >= 0.6 is 0 Å². The topological polar surface area (TPSA) is 43.4 Å². The molecule has 0 radical (unpaired) electrons. The van der Waals surface area contributed by atoms with Gasteiger partial charge >= 0.3 is 0 Å². The highest BCUT2D eigenvalue weighted by Crippen LogP contribution is 2.33. The van der Waals surface area contributed by atoms with Gasteiger partial charge in [0.05, 0.1) is 4.90 Å². The number of ether oxygens (including phenoxy) is 1. The van der Waals surface area contributed by atoms with E-state index in [4.69, 9.17) is 4.74 Å². The second kappa shape index (κ2) is 6.27. The lowest BCUT2D eigenvalue weighted by Crippen LogP contribution is -2.06. The molecule has 1 aromatic carbocycles. The maximum atomic E-state index is 12.7. The van der Waals surface area contributed by atoms with E-state index in [0.29, 0.717) is 22.2 Å². The molecule has 2 rings (SSSR count). The van der Waals surface area contributed by atoms with Crippen LogP contribution in [0.3, 0.4) is 0 Å². The zero-order valence-electron chi connectivity index (χ0n) is 11.9. The zero-order valence-corrected chi connectivity index (χ0v) is 12.7. The fourth-order valence-electron chi connectivity index (χ4n) is 2.25. The van der Waals surface area contributed by atoms with E-state index in [9.17, 15) is 8.42 Å². The molecule has 4 heteroatoms. The Kier molecular flexibility index (Phi) is 4.65. The van der Waals surface area contributed by atoms with E-state index in [1.807, 2.05) is 12.1 Å². The van der Waals surface area contributed by atoms with Gasteiger partial charge < -0.3 is 4.74 Å². The number of hydrogen-bond acceptors (Lipinski definition) is 3. The van der Waals surface area contributed by atoms with Gasteiger partial charge in [-0.1, -0.05) is 44.0 Å². The summed E-state index contributed by atoms with van der Waals surface area (Å²) in [7, 11) is -3.49. The first-order valence-electron chi connectivity index (χ1n) is 6.90. The molecule has 0 saturated carbocycles. The van der Waals surface area contributed by atoms with Crippen molar-refractivity contribution in [3.05, 3.63) is 52.6 Å². The molecule has 0 bridgehead atoms. The van der Waals surface area contributed by atoms with E-state index in [2.05, 4.69) is 6.92 Å². The van der Waals surface area contributed by atoms with Crippen LogP contribution in [0.25, 0.3) is 0 Å². The maximum Gasteiger partial charge on any atom is 0.210 e. The molecule has 3 nitrogen and oxygen atoms in total. The highest BCUT2D eigenvalue weighted by Gasteiger charge is 2.31. The summed E-state index contributed by atoms with van der Waals surface area (Å²) in [4.78, 5) is 0.668. The summed E-state index contributed by atoms with van der Waals surface area (Å²) in [6, 6.07) is 8.52. The summed E-state index contributed by atoms with van der Waals surface area (Å²) < 4.78 is 30.9. The van der Waals surface area contributed by atoms with Gasteiger partial charge in [-0.15, -0.1) is 0 Å². The molecule has 0 spiro atoms. The van der Waals surface area contributed by atoms with Gasteiger partial charge in [0.25, 0.3) is 0 Å². The Morgan fingerprint density at radius 1 is 1.25 bits per heavy atom. The largest absolute Gasteiger partial charge is 0.492 e. The summed E-state index contributed by atoms with van der Waals surface area (Å²) in [5.74, 6) is 0.497. The van der Waals surface area contributed by atoms with Crippen molar-refractivity contribution >= 4 is 9.84 Å². The van der Waals surface area contributed by atoms with E-state index < -0.39 is 9.84 Å². The van der Waals surface area contributed by atoms with Crippen LogP contribution < -0.4 is 0 Å². The van der Waals surface area contributed by atoms with E-state index in [1.165, 1.54) is 0 Å². The fraction of sp³-hybridized carbons (Fsp3) is 0.375. The van der Waals surface area contributed by atoms with Gasteiger partial charge in [-0.3, -0.25) is 0 Å². The summed E-state index contributed by atoms with van der Waals surface area (Å²) in [5, 5.41) is 0. The lowest BCUT2D eigenvalue weighted by atomic mass is 10.2. The molecular weight excluding hydrogens is 272 g/mol. The first-order chi connectivity index (χ1) is 9.57. The van der Waals surface area contributed by atoms with E-state index in [0.717, 1.165) is 24.8 Å². The number of hydrogen-bond donors (Lipinski definition) is 0. The molecule has 0 amide bonds. The molecule has 0 aliphatic carbocycles. The van der Waals surface area contributed by atoms with Crippen LogP contribution in [0.1, 0.15) is 33.1 Å². The van der Waals surface area contributed by atoms with Crippen molar-refractivity contribution in [2.45, 2.75) is 38.0 Å². The second-order valence-electron chi connectivity index (χ2n) is 4.86. The van der Waals surface area contributed by atoms with Crippen LogP contribution in [0.15, 0.2) is 57.5 Å². The molecule has 1 aromatic rings.